The summed E-state index contributed by atoms with van der Waals surface area (Å²) in [5.41, 5.74) is 0.191. The molecule has 0 amide bonds. The summed E-state index contributed by atoms with van der Waals surface area (Å²) in [7, 11) is 0. The second kappa shape index (κ2) is 5.62. The maximum atomic E-state index is 12.2. The van der Waals surface area contributed by atoms with Crippen LogP contribution in [0.25, 0.3) is 0 Å². The Morgan fingerprint density at radius 2 is 2.35 bits per heavy atom. The van der Waals surface area contributed by atoms with Gasteiger partial charge in [-0.1, -0.05) is 16.8 Å². The molecular weight excluding hydrogens is 282 g/mol. The monoisotopic (exact) mass is 295 g/mol. The molecule has 0 atom stereocenters. The minimum absolute atomic E-state index is 0.185. The summed E-state index contributed by atoms with van der Waals surface area (Å²) in [5, 5.41) is 10.9. The number of rotatable bonds is 6. The smallest absolute Gasteiger partial charge is 0.291 e. The fourth-order valence-corrected chi connectivity index (χ4v) is 2.10. The molecule has 0 aliphatic heterocycles. The summed E-state index contributed by atoms with van der Waals surface area (Å²) in [6, 6.07) is 0. The molecule has 1 aliphatic rings. The Morgan fingerprint density at radius 3 is 3.05 bits per heavy atom. The predicted molar refractivity (Wildman–Crippen MR) is 72.7 cm³/mol. The van der Waals surface area contributed by atoms with Crippen molar-refractivity contribution < 1.29 is 4.52 Å². The van der Waals surface area contributed by atoms with Crippen molar-refractivity contribution in [2.75, 3.05) is 11.9 Å². The van der Waals surface area contributed by atoms with Gasteiger partial charge in [0, 0.05) is 19.5 Å². The minimum atomic E-state index is -0.185. The summed E-state index contributed by atoms with van der Waals surface area (Å²) >= 11 is 6.02. The largest absolute Gasteiger partial charge is 0.379 e. The van der Waals surface area contributed by atoms with Gasteiger partial charge in [0.1, 0.15) is 5.69 Å². The molecule has 3 rings (SSSR count). The van der Waals surface area contributed by atoms with Gasteiger partial charge in [-0.3, -0.25) is 4.79 Å². The third-order valence-electron chi connectivity index (χ3n) is 3.17. The second-order valence-corrected chi connectivity index (χ2v) is 5.22. The van der Waals surface area contributed by atoms with Gasteiger partial charge in [0.2, 0.25) is 5.89 Å². The van der Waals surface area contributed by atoms with Crippen molar-refractivity contribution in [1.82, 2.24) is 19.9 Å². The Kier molecular flexibility index (Phi) is 3.68. The van der Waals surface area contributed by atoms with Crippen LogP contribution in [0.4, 0.5) is 5.69 Å². The molecule has 20 heavy (non-hydrogen) atoms. The Hall–Kier alpha value is -1.89. The highest BCUT2D eigenvalue weighted by Crippen LogP contribution is 2.30. The first-order valence-electron chi connectivity index (χ1n) is 6.49. The van der Waals surface area contributed by atoms with Gasteiger partial charge in [-0.2, -0.15) is 10.1 Å². The molecule has 2 aromatic heterocycles. The van der Waals surface area contributed by atoms with Gasteiger partial charge in [-0.25, -0.2) is 4.68 Å². The van der Waals surface area contributed by atoms with E-state index in [1.165, 1.54) is 17.2 Å². The summed E-state index contributed by atoms with van der Waals surface area (Å²) in [6.45, 7) is 1.15. The number of anilines is 1. The predicted octanol–water partition coefficient (Wildman–Crippen LogP) is 1.34. The maximum absolute atomic E-state index is 12.2. The lowest BCUT2D eigenvalue weighted by Gasteiger charge is -2.09. The van der Waals surface area contributed by atoms with E-state index in [0.29, 0.717) is 42.0 Å². The lowest BCUT2D eigenvalue weighted by molar-refractivity contribution is 0.379. The fourth-order valence-electron chi connectivity index (χ4n) is 1.90. The van der Waals surface area contributed by atoms with Gasteiger partial charge in [0.15, 0.2) is 6.33 Å². The molecule has 0 bridgehead atoms. The number of halogens is 1. The Labute approximate surface area is 119 Å². The van der Waals surface area contributed by atoms with Crippen molar-refractivity contribution in [3.8, 4) is 0 Å². The number of aromatic nitrogens is 4. The first-order chi connectivity index (χ1) is 9.74. The molecule has 1 fully saturated rings. The van der Waals surface area contributed by atoms with Crippen LogP contribution in [0.5, 0.6) is 0 Å². The molecule has 106 valence electrons. The van der Waals surface area contributed by atoms with Crippen LogP contribution in [0.2, 0.25) is 5.02 Å². The van der Waals surface area contributed by atoms with E-state index in [4.69, 9.17) is 16.1 Å². The lowest BCUT2D eigenvalue weighted by atomic mass is 10.3. The van der Waals surface area contributed by atoms with Gasteiger partial charge in [0.05, 0.1) is 11.2 Å². The molecular formula is C12H14ClN5O2. The van der Waals surface area contributed by atoms with E-state index < -0.39 is 0 Å². The van der Waals surface area contributed by atoms with E-state index in [1.54, 1.807) is 0 Å². The van der Waals surface area contributed by atoms with E-state index >= 15 is 0 Å². The zero-order chi connectivity index (χ0) is 13.9. The van der Waals surface area contributed by atoms with Crippen molar-refractivity contribution in [2.24, 2.45) is 5.92 Å². The standard InChI is InChI=1S/C12H14ClN5O2/c13-9-5-16-18(6-8-1-2-8)12(19)11(9)14-4-3-10-15-7-17-20-10/h5,7-8,14H,1-4,6H2. The van der Waals surface area contributed by atoms with Crippen LogP contribution in [-0.2, 0) is 13.0 Å². The minimum Gasteiger partial charge on any atom is -0.379 e. The molecule has 0 radical (unpaired) electrons. The van der Waals surface area contributed by atoms with E-state index in [-0.39, 0.29) is 5.56 Å². The zero-order valence-electron chi connectivity index (χ0n) is 10.8. The quantitative estimate of drug-likeness (QED) is 0.865. The Morgan fingerprint density at radius 1 is 1.50 bits per heavy atom. The molecule has 0 spiro atoms. The van der Waals surface area contributed by atoms with E-state index in [1.807, 2.05) is 0 Å². The van der Waals surface area contributed by atoms with Gasteiger partial charge >= 0.3 is 0 Å². The summed E-state index contributed by atoms with van der Waals surface area (Å²) < 4.78 is 6.36. The fraction of sp³-hybridized carbons (Fsp3) is 0.500. The molecule has 0 unspecified atom stereocenters. The second-order valence-electron chi connectivity index (χ2n) is 4.81. The SMILES string of the molecule is O=c1c(NCCc2ncno2)c(Cl)cnn1CC1CC1. The first kappa shape index (κ1) is 13.1. The molecule has 8 heteroatoms. The third-order valence-corrected chi connectivity index (χ3v) is 3.46. The molecule has 2 heterocycles. The van der Waals surface area contributed by atoms with Gasteiger partial charge in [-0.05, 0) is 18.8 Å². The van der Waals surface area contributed by atoms with Crippen LogP contribution in [0, 0.1) is 5.92 Å². The van der Waals surface area contributed by atoms with Crippen molar-refractivity contribution >= 4 is 17.3 Å². The molecule has 1 aliphatic carbocycles. The Balaban J connectivity index is 1.69. The molecule has 1 N–H and O–H groups in total. The number of hydrogen-bond acceptors (Lipinski definition) is 6. The Bertz CT molecular complexity index is 636. The summed E-state index contributed by atoms with van der Waals surface area (Å²) in [5.74, 6) is 1.09. The average molecular weight is 296 g/mol. The van der Waals surface area contributed by atoms with Gasteiger partial charge in [-0.15, -0.1) is 0 Å². The van der Waals surface area contributed by atoms with E-state index in [2.05, 4.69) is 20.6 Å². The van der Waals surface area contributed by atoms with Gasteiger partial charge in [0.25, 0.3) is 5.56 Å². The normalized spacial score (nSPS) is 14.4. The molecule has 7 nitrogen and oxygen atoms in total. The molecule has 0 saturated heterocycles. The van der Waals surface area contributed by atoms with Crippen LogP contribution >= 0.6 is 11.6 Å². The molecule has 1 saturated carbocycles. The summed E-state index contributed by atoms with van der Waals surface area (Å²) in [6.07, 6.45) is 5.70. The van der Waals surface area contributed by atoms with Gasteiger partial charge < -0.3 is 9.84 Å². The van der Waals surface area contributed by atoms with Crippen molar-refractivity contribution in [3.63, 3.8) is 0 Å². The summed E-state index contributed by atoms with van der Waals surface area (Å²) in [4.78, 5) is 16.2. The highest BCUT2D eigenvalue weighted by atomic mass is 35.5. The zero-order valence-corrected chi connectivity index (χ0v) is 11.5. The topological polar surface area (TPSA) is 85.8 Å². The van der Waals surface area contributed by atoms with Crippen LogP contribution in [0.1, 0.15) is 18.7 Å². The third kappa shape index (κ3) is 2.98. The van der Waals surface area contributed by atoms with Crippen molar-refractivity contribution in [2.45, 2.75) is 25.8 Å². The van der Waals surface area contributed by atoms with Crippen LogP contribution in [-0.4, -0.2) is 26.5 Å². The highest BCUT2D eigenvalue weighted by molar-refractivity contribution is 6.32. The van der Waals surface area contributed by atoms with E-state index in [0.717, 1.165) is 12.8 Å². The van der Waals surface area contributed by atoms with E-state index in [9.17, 15) is 4.79 Å². The van der Waals surface area contributed by atoms with Crippen molar-refractivity contribution in [3.05, 3.63) is 33.8 Å². The van der Waals surface area contributed by atoms with Crippen LogP contribution in [0.3, 0.4) is 0 Å². The number of nitrogens with one attached hydrogen (secondary N) is 1. The van der Waals surface area contributed by atoms with Crippen LogP contribution in [0.15, 0.2) is 21.8 Å². The molecule has 0 aromatic carbocycles. The van der Waals surface area contributed by atoms with Crippen molar-refractivity contribution in [1.29, 1.82) is 0 Å². The highest BCUT2D eigenvalue weighted by Gasteiger charge is 2.23. The lowest BCUT2D eigenvalue weighted by Crippen LogP contribution is -2.27. The average Bonchev–Trinajstić information content (AvgIpc) is 3.10. The molecule has 2 aromatic rings. The first-order valence-corrected chi connectivity index (χ1v) is 6.87. The maximum Gasteiger partial charge on any atom is 0.291 e. The number of hydrogen-bond donors (Lipinski definition) is 1. The van der Waals surface area contributed by atoms with Crippen LogP contribution < -0.4 is 10.9 Å². The number of nitrogens with zero attached hydrogens (tertiary/aromatic N) is 4.